The third-order valence-corrected chi connectivity index (χ3v) is 4.19. The predicted molar refractivity (Wildman–Crippen MR) is 103 cm³/mol. The van der Waals surface area contributed by atoms with Gasteiger partial charge < -0.3 is 19.2 Å². The molecule has 1 N–H and O–H groups in total. The van der Waals surface area contributed by atoms with Crippen LogP contribution in [0.1, 0.15) is 22.7 Å². The Bertz CT molecular complexity index is 873. The number of methoxy groups -OCH3 is 1. The third kappa shape index (κ3) is 5.62. The summed E-state index contributed by atoms with van der Waals surface area (Å²) < 4.78 is 19.0. The van der Waals surface area contributed by atoms with Crippen LogP contribution in [0.4, 0.5) is 0 Å². The van der Waals surface area contributed by atoms with Crippen LogP contribution in [0.25, 0.3) is 0 Å². The van der Waals surface area contributed by atoms with Gasteiger partial charge in [0.15, 0.2) is 5.76 Å². The van der Waals surface area contributed by atoms with E-state index in [0.29, 0.717) is 18.1 Å². The van der Waals surface area contributed by atoms with Gasteiger partial charge in [0.1, 0.15) is 23.9 Å². The van der Waals surface area contributed by atoms with Gasteiger partial charge in [-0.15, -0.1) is 0 Å². The van der Waals surface area contributed by atoms with E-state index in [-0.39, 0.29) is 18.3 Å². The molecule has 1 amide bonds. The fourth-order valence-electron chi connectivity index (χ4n) is 2.39. The summed E-state index contributed by atoms with van der Waals surface area (Å²) in [7, 11) is 1.61. The molecule has 0 saturated heterocycles. The van der Waals surface area contributed by atoms with Gasteiger partial charge in [-0.1, -0.05) is 0 Å². The zero-order valence-electron chi connectivity index (χ0n) is 14.9. The fraction of sp³-hybridized carbons (Fsp3) is 0.263. The van der Waals surface area contributed by atoms with Crippen LogP contribution >= 0.6 is 15.9 Å². The van der Waals surface area contributed by atoms with Gasteiger partial charge in [-0.2, -0.15) is 5.10 Å². The Morgan fingerprint density at radius 3 is 2.70 bits per heavy atom. The molecule has 0 fully saturated rings. The maximum absolute atomic E-state index is 12.1. The van der Waals surface area contributed by atoms with Crippen LogP contribution in [0.5, 0.6) is 11.5 Å². The SMILES string of the molecule is COc1ccc(OCc2ccc(C(=O)NCCCn3cc(Br)cn3)o2)cc1. The molecule has 142 valence electrons. The highest BCUT2D eigenvalue weighted by Gasteiger charge is 2.11. The average molecular weight is 434 g/mol. The van der Waals surface area contributed by atoms with Gasteiger partial charge in [0, 0.05) is 19.3 Å². The van der Waals surface area contributed by atoms with Gasteiger partial charge >= 0.3 is 0 Å². The molecule has 0 bridgehead atoms. The molecule has 3 rings (SSSR count). The number of benzene rings is 1. The van der Waals surface area contributed by atoms with Crippen molar-refractivity contribution in [3.63, 3.8) is 0 Å². The molecule has 0 spiro atoms. The number of furan rings is 1. The first-order chi connectivity index (χ1) is 13.1. The molecule has 27 heavy (non-hydrogen) atoms. The van der Waals surface area contributed by atoms with Crippen LogP contribution in [0.2, 0.25) is 0 Å². The monoisotopic (exact) mass is 433 g/mol. The van der Waals surface area contributed by atoms with E-state index >= 15 is 0 Å². The molecule has 0 aliphatic heterocycles. The number of hydrogen-bond donors (Lipinski definition) is 1. The van der Waals surface area contributed by atoms with Crippen LogP contribution in [-0.2, 0) is 13.2 Å². The van der Waals surface area contributed by atoms with Gasteiger partial charge in [0.2, 0.25) is 0 Å². The molecular weight excluding hydrogens is 414 g/mol. The summed E-state index contributed by atoms with van der Waals surface area (Å²) in [4.78, 5) is 12.1. The number of aromatic nitrogens is 2. The topological polar surface area (TPSA) is 78.5 Å². The summed E-state index contributed by atoms with van der Waals surface area (Å²) in [5.41, 5.74) is 0. The van der Waals surface area contributed by atoms with E-state index in [2.05, 4.69) is 26.3 Å². The maximum atomic E-state index is 12.1. The maximum Gasteiger partial charge on any atom is 0.286 e. The molecule has 0 aliphatic rings. The highest BCUT2D eigenvalue weighted by atomic mass is 79.9. The van der Waals surface area contributed by atoms with Gasteiger partial charge in [-0.3, -0.25) is 9.48 Å². The summed E-state index contributed by atoms with van der Waals surface area (Å²) in [5.74, 6) is 2.07. The zero-order chi connectivity index (χ0) is 19.1. The Kier molecular flexibility index (Phi) is 6.54. The molecule has 7 nitrogen and oxygen atoms in total. The number of carbonyl (C=O) groups excluding carboxylic acids is 1. The number of aryl methyl sites for hydroxylation is 1. The van der Waals surface area contributed by atoms with E-state index < -0.39 is 0 Å². The fourth-order valence-corrected chi connectivity index (χ4v) is 2.72. The zero-order valence-corrected chi connectivity index (χ0v) is 16.4. The lowest BCUT2D eigenvalue weighted by atomic mass is 10.3. The number of rotatable bonds is 9. The first-order valence-corrected chi connectivity index (χ1v) is 9.25. The van der Waals surface area contributed by atoms with Gasteiger partial charge in [-0.05, 0) is 58.7 Å². The van der Waals surface area contributed by atoms with Crippen molar-refractivity contribution in [1.29, 1.82) is 0 Å². The molecule has 0 radical (unpaired) electrons. The van der Waals surface area contributed by atoms with E-state index in [4.69, 9.17) is 13.9 Å². The normalized spacial score (nSPS) is 10.6. The Balaban J connectivity index is 1.41. The van der Waals surface area contributed by atoms with Crippen molar-refractivity contribution in [2.75, 3.05) is 13.7 Å². The number of ether oxygens (including phenoxy) is 2. The predicted octanol–water partition coefficient (Wildman–Crippen LogP) is 3.65. The largest absolute Gasteiger partial charge is 0.497 e. The number of amides is 1. The van der Waals surface area contributed by atoms with Gasteiger partial charge in [-0.25, -0.2) is 0 Å². The molecule has 0 atom stereocenters. The minimum atomic E-state index is -0.243. The summed E-state index contributed by atoms with van der Waals surface area (Å²) in [6, 6.07) is 10.6. The first kappa shape index (κ1) is 19.0. The van der Waals surface area contributed by atoms with E-state index in [1.807, 2.05) is 35.1 Å². The summed E-state index contributed by atoms with van der Waals surface area (Å²) in [6.07, 6.45) is 4.40. The summed E-state index contributed by atoms with van der Waals surface area (Å²) in [5, 5.41) is 7.00. The highest BCUT2D eigenvalue weighted by Crippen LogP contribution is 2.19. The first-order valence-electron chi connectivity index (χ1n) is 8.46. The molecule has 1 aromatic carbocycles. The van der Waals surface area contributed by atoms with Crippen LogP contribution in [0, 0.1) is 0 Å². The van der Waals surface area contributed by atoms with Crippen molar-refractivity contribution in [2.45, 2.75) is 19.6 Å². The Hall–Kier alpha value is -2.74. The minimum absolute atomic E-state index is 0.243. The van der Waals surface area contributed by atoms with E-state index in [1.165, 1.54) is 0 Å². The van der Waals surface area contributed by atoms with E-state index in [1.54, 1.807) is 25.4 Å². The lowest BCUT2D eigenvalue weighted by molar-refractivity contribution is 0.0921. The second kappa shape index (κ2) is 9.27. The lowest BCUT2D eigenvalue weighted by Gasteiger charge is -2.05. The molecule has 3 aromatic rings. The number of carbonyl (C=O) groups is 1. The van der Waals surface area contributed by atoms with Gasteiger partial charge in [0.05, 0.1) is 17.8 Å². The van der Waals surface area contributed by atoms with Crippen molar-refractivity contribution < 1.29 is 18.7 Å². The number of hydrogen-bond acceptors (Lipinski definition) is 5. The minimum Gasteiger partial charge on any atom is -0.497 e. The summed E-state index contributed by atoms with van der Waals surface area (Å²) >= 11 is 3.35. The molecule has 0 saturated carbocycles. The number of nitrogens with zero attached hydrogens (tertiary/aromatic N) is 2. The van der Waals surface area contributed by atoms with Crippen molar-refractivity contribution in [1.82, 2.24) is 15.1 Å². The Labute approximate surface area is 165 Å². The molecule has 2 heterocycles. The smallest absolute Gasteiger partial charge is 0.286 e. The quantitative estimate of drug-likeness (QED) is 0.521. The molecular formula is C19H20BrN3O4. The number of halogens is 1. The van der Waals surface area contributed by atoms with Crippen molar-refractivity contribution in [3.05, 3.63) is 64.8 Å². The summed E-state index contributed by atoms with van der Waals surface area (Å²) in [6.45, 7) is 1.51. The van der Waals surface area contributed by atoms with Crippen LogP contribution < -0.4 is 14.8 Å². The van der Waals surface area contributed by atoms with E-state index in [0.717, 1.165) is 23.2 Å². The standard InChI is InChI=1S/C19H20BrN3O4/c1-25-15-3-5-16(6-4-15)26-13-17-7-8-18(27-17)19(24)21-9-2-10-23-12-14(20)11-22-23/h3-8,11-12H,2,9-10,13H2,1H3,(H,21,24). The molecule has 0 unspecified atom stereocenters. The third-order valence-electron chi connectivity index (χ3n) is 3.78. The van der Waals surface area contributed by atoms with Crippen LogP contribution in [0.15, 0.2) is 57.7 Å². The van der Waals surface area contributed by atoms with Crippen LogP contribution in [-0.4, -0.2) is 29.3 Å². The molecule has 8 heteroatoms. The second-order valence-corrected chi connectivity index (χ2v) is 6.68. The van der Waals surface area contributed by atoms with Gasteiger partial charge in [0.25, 0.3) is 5.91 Å². The van der Waals surface area contributed by atoms with Crippen molar-refractivity contribution in [3.8, 4) is 11.5 Å². The second-order valence-electron chi connectivity index (χ2n) is 5.76. The highest BCUT2D eigenvalue weighted by molar-refractivity contribution is 9.10. The van der Waals surface area contributed by atoms with Crippen molar-refractivity contribution in [2.24, 2.45) is 0 Å². The number of nitrogens with one attached hydrogen (secondary N) is 1. The lowest BCUT2D eigenvalue weighted by Crippen LogP contribution is -2.24. The molecule has 2 aromatic heterocycles. The Morgan fingerprint density at radius 2 is 2.00 bits per heavy atom. The Morgan fingerprint density at radius 1 is 1.22 bits per heavy atom. The van der Waals surface area contributed by atoms with E-state index in [9.17, 15) is 4.79 Å². The van der Waals surface area contributed by atoms with Crippen molar-refractivity contribution >= 4 is 21.8 Å². The molecule has 0 aliphatic carbocycles. The van der Waals surface area contributed by atoms with Crippen LogP contribution in [0.3, 0.4) is 0 Å². The average Bonchev–Trinajstić information content (AvgIpc) is 3.33.